The Balaban J connectivity index is 1.68. The van der Waals surface area contributed by atoms with E-state index in [9.17, 15) is 0 Å². The molecule has 0 unspecified atom stereocenters. The number of unbranched alkanes of at least 4 members (excludes halogenated alkanes) is 6. The summed E-state index contributed by atoms with van der Waals surface area (Å²) in [5.74, 6) is 0. The van der Waals surface area contributed by atoms with E-state index in [1.165, 1.54) is 45.2 Å². The van der Waals surface area contributed by atoms with E-state index in [4.69, 9.17) is 10.2 Å². The van der Waals surface area contributed by atoms with Crippen LogP contribution in [0.15, 0.2) is 31.3 Å². The molecule has 2 heterocycles. The maximum atomic E-state index is 8.80. The SMILES string of the molecule is OCCCCCCc1csc(Sc2cc(CCCCCCO)cs2)c1. The van der Waals surface area contributed by atoms with Crippen LogP contribution in [0.5, 0.6) is 0 Å². The monoisotopic (exact) mass is 398 g/mol. The van der Waals surface area contributed by atoms with Gasteiger partial charge >= 0.3 is 0 Å². The van der Waals surface area contributed by atoms with Gasteiger partial charge in [-0.05, 0) is 72.5 Å². The lowest BCUT2D eigenvalue weighted by molar-refractivity contribution is 0.282. The molecule has 140 valence electrons. The largest absolute Gasteiger partial charge is 0.396 e. The van der Waals surface area contributed by atoms with Gasteiger partial charge in [0.1, 0.15) is 0 Å². The second-order valence-corrected chi connectivity index (χ2v) is 9.85. The zero-order valence-electron chi connectivity index (χ0n) is 14.9. The van der Waals surface area contributed by atoms with Gasteiger partial charge in [0.05, 0.1) is 8.42 Å². The van der Waals surface area contributed by atoms with Crippen molar-refractivity contribution in [2.75, 3.05) is 13.2 Å². The number of thiophene rings is 2. The topological polar surface area (TPSA) is 40.5 Å². The fraction of sp³-hybridized carbons (Fsp3) is 0.600. The van der Waals surface area contributed by atoms with Crippen molar-refractivity contribution in [2.45, 2.75) is 72.6 Å². The smallest absolute Gasteiger partial charge is 0.0657 e. The first-order valence-corrected chi connectivity index (χ1v) is 11.9. The Labute approximate surface area is 164 Å². The van der Waals surface area contributed by atoms with Crippen molar-refractivity contribution in [2.24, 2.45) is 0 Å². The van der Waals surface area contributed by atoms with Gasteiger partial charge in [-0.1, -0.05) is 37.4 Å². The van der Waals surface area contributed by atoms with Gasteiger partial charge in [0.2, 0.25) is 0 Å². The summed E-state index contributed by atoms with van der Waals surface area (Å²) in [7, 11) is 0. The van der Waals surface area contributed by atoms with E-state index in [2.05, 4.69) is 22.9 Å². The molecule has 0 saturated carbocycles. The standard InChI is InChI=1S/C20H30O2S3/c21-11-7-3-1-5-9-17-13-19(23-15-17)25-20-14-18(16-24-20)10-6-2-4-8-12-22/h13-16,21-22H,1-12H2. The summed E-state index contributed by atoms with van der Waals surface area (Å²) in [5, 5.41) is 22.2. The van der Waals surface area contributed by atoms with E-state index in [0.717, 1.165) is 38.5 Å². The molecular formula is C20H30O2S3. The van der Waals surface area contributed by atoms with Crippen LogP contribution < -0.4 is 0 Å². The van der Waals surface area contributed by atoms with Gasteiger partial charge in [0.25, 0.3) is 0 Å². The third kappa shape index (κ3) is 8.74. The Hall–Kier alpha value is -0.330. The number of aliphatic hydroxyl groups excluding tert-OH is 2. The van der Waals surface area contributed by atoms with Crippen LogP contribution in [0.3, 0.4) is 0 Å². The molecule has 2 N–H and O–H groups in total. The fourth-order valence-electron chi connectivity index (χ4n) is 2.76. The molecule has 5 heteroatoms. The minimum atomic E-state index is 0.324. The normalized spacial score (nSPS) is 11.3. The molecule has 0 aromatic carbocycles. The van der Waals surface area contributed by atoms with Gasteiger partial charge in [-0.2, -0.15) is 0 Å². The highest BCUT2D eigenvalue weighted by atomic mass is 32.2. The quantitative estimate of drug-likeness (QED) is 0.375. The molecule has 0 radical (unpaired) electrons. The lowest BCUT2D eigenvalue weighted by Crippen LogP contribution is -1.86. The number of aryl methyl sites for hydroxylation is 2. The summed E-state index contributed by atoms with van der Waals surface area (Å²) in [6, 6.07) is 4.69. The van der Waals surface area contributed by atoms with Crippen LogP contribution in [-0.4, -0.2) is 23.4 Å². The van der Waals surface area contributed by atoms with Crippen LogP contribution in [0.1, 0.15) is 62.5 Å². The molecule has 2 aromatic heterocycles. The third-order valence-corrected chi connectivity index (χ3v) is 7.46. The van der Waals surface area contributed by atoms with Crippen molar-refractivity contribution >= 4 is 34.4 Å². The van der Waals surface area contributed by atoms with E-state index >= 15 is 0 Å². The molecule has 25 heavy (non-hydrogen) atoms. The predicted molar refractivity (Wildman–Crippen MR) is 111 cm³/mol. The summed E-state index contributed by atoms with van der Waals surface area (Å²) in [6.07, 6.45) is 11.3. The van der Waals surface area contributed by atoms with Crippen LogP contribution in [-0.2, 0) is 12.8 Å². The predicted octanol–water partition coefficient (Wildman–Crippen LogP) is 6.15. The number of rotatable bonds is 14. The highest BCUT2D eigenvalue weighted by Crippen LogP contribution is 2.37. The van der Waals surface area contributed by atoms with E-state index in [0.29, 0.717) is 13.2 Å². The van der Waals surface area contributed by atoms with E-state index < -0.39 is 0 Å². The summed E-state index contributed by atoms with van der Waals surface area (Å²) in [6.45, 7) is 0.648. The molecule has 0 bridgehead atoms. The first-order chi connectivity index (χ1) is 12.3. The van der Waals surface area contributed by atoms with Gasteiger partial charge in [-0.3, -0.25) is 0 Å². The Bertz CT molecular complexity index is 527. The Morgan fingerprint density at radius 3 is 1.52 bits per heavy atom. The molecule has 0 amide bonds. The Kier molecular flexibility index (Phi) is 10.9. The van der Waals surface area contributed by atoms with Crippen LogP contribution >= 0.6 is 34.4 Å². The van der Waals surface area contributed by atoms with E-state index in [1.807, 2.05) is 34.4 Å². The molecule has 2 nitrogen and oxygen atoms in total. The van der Waals surface area contributed by atoms with Gasteiger partial charge in [0.15, 0.2) is 0 Å². The molecule has 0 fully saturated rings. The highest BCUT2D eigenvalue weighted by molar-refractivity contribution is 8.02. The number of hydrogen-bond donors (Lipinski definition) is 2. The van der Waals surface area contributed by atoms with Crippen molar-refractivity contribution in [3.8, 4) is 0 Å². The summed E-state index contributed by atoms with van der Waals surface area (Å²) >= 11 is 5.60. The third-order valence-electron chi connectivity index (χ3n) is 4.21. The van der Waals surface area contributed by atoms with Crippen LogP contribution in [0.25, 0.3) is 0 Å². The molecular weight excluding hydrogens is 368 g/mol. The van der Waals surface area contributed by atoms with Gasteiger partial charge < -0.3 is 10.2 Å². The number of hydrogen-bond acceptors (Lipinski definition) is 5. The lowest BCUT2D eigenvalue weighted by atomic mass is 10.1. The maximum Gasteiger partial charge on any atom is 0.0657 e. The van der Waals surface area contributed by atoms with Crippen LogP contribution in [0, 0.1) is 0 Å². The first-order valence-electron chi connectivity index (χ1n) is 9.36. The van der Waals surface area contributed by atoms with Gasteiger partial charge in [-0.15, -0.1) is 22.7 Å². The summed E-state index contributed by atoms with van der Waals surface area (Å²) in [5.41, 5.74) is 2.91. The maximum absolute atomic E-state index is 8.80. The van der Waals surface area contributed by atoms with Gasteiger partial charge in [-0.25, -0.2) is 0 Å². The Morgan fingerprint density at radius 2 is 1.08 bits per heavy atom. The second-order valence-electron chi connectivity index (χ2n) is 6.43. The molecule has 2 rings (SSSR count). The molecule has 0 aliphatic heterocycles. The number of aliphatic hydroxyl groups is 2. The highest BCUT2D eigenvalue weighted by Gasteiger charge is 2.06. The van der Waals surface area contributed by atoms with E-state index in [-0.39, 0.29) is 0 Å². The molecule has 0 atom stereocenters. The average Bonchev–Trinajstić information content (AvgIpc) is 3.24. The fourth-order valence-corrected chi connectivity index (χ4v) is 6.10. The molecule has 0 spiro atoms. The average molecular weight is 399 g/mol. The first kappa shape index (κ1) is 21.0. The Morgan fingerprint density at radius 1 is 0.640 bits per heavy atom. The molecule has 0 aliphatic carbocycles. The van der Waals surface area contributed by atoms with E-state index in [1.54, 1.807) is 0 Å². The van der Waals surface area contributed by atoms with Crippen LogP contribution in [0.4, 0.5) is 0 Å². The molecule has 0 aliphatic rings. The zero-order chi connectivity index (χ0) is 17.7. The van der Waals surface area contributed by atoms with Crippen molar-refractivity contribution < 1.29 is 10.2 Å². The molecule has 2 aromatic rings. The van der Waals surface area contributed by atoms with Crippen LogP contribution in [0.2, 0.25) is 0 Å². The molecule has 0 saturated heterocycles. The van der Waals surface area contributed by atoms with Crippen molar-refractivity contribution in [1.82, 2.24) is 0 Å². The van der Waals surface area contributed by atoms with Crippen molar-refractivity contribution in [1.29, 1.82) is 0 Å². The summed E-state index contributed by atoms with van der Waals surface area (Å²) in [4.78, 5) is 0. The van der Waals surface area contributed by atoms with Crippen molar-refractivity contribution in [3.63, 3.8) is 0 Å². The zero-order valence-corrected chi connectivity index (χ0v) is 17.4. The minimum absolute atomic E-state index is 0.324. The van der Waals surface area contributed by atoms with Crippen molar-refractivity contribution in [3.05, 3.63) is 34.0 Å². The minimum Gasteiger partial charge on any atom is -0.396 e. The summed E-state index contributed by atoms with van der Waals surface area (Å²) < 4.78 is 2.78. The van der Waals surface area contributed by atoms with Gasteiger partial charge in [0, 0.05) is 13.2 Å². The lowest BCUT2D eigenvalue weighted by Gasteiger charge is -1.98. The second kappa shape index (κ2) is 12.9.